The fraction of sp³-hybridized carbons (Fsp3) is 0.412. The monoisotopic (exact) mass is 351 g/mol. The number of likely N-dealkylation sites (tertiary alicyclic amines) is 1. The highest BCUT2D eigenvalue weighted by atomic mass is 35.5. The van der Waals surface area contributed by atoms with Gasteiger partial charge >= 0.3 is 0 Å². The lowest BCUT2D eigenvalue weighted by molar-refractivity contribution is 0.0467. The second kappa shape index (κ2) is 6.54. The summed E-state index contributed by atoms with van der Waals surface area (Å²) in [5, 5.41) is 0.968. The van der Waals surface area contributed by atoms with Crippen molar-refractivity contribution < 1.29 is 4.79 Å². The molecule has 122 valence electrons. The van der Waals surface area contributed by atoms with Gasteiger partial charge < -0.3 is 9.47 Å². The first-order valence-corrected chi connectivity index (χ1v) is 8.46. The molecule has 0 saturated carbocycles. The summed E-state index contributed by atoms with van der Waals surface area (Å²) >= 11 is 11.9. The topological polar surface area (TPSA) is 38.1 Å². The van der Waals surface area contributed by atoms with E-state index in [1.54, 1.807) is 18.2 Å². The zero-order valence-corrected chi connectivity index (χ0v) is 14.7. The van der Waals surface area contributed by atoms with Crippen LogP contribution in [0.15, 0.2) is 30.6 Å². The molecule has 1 aliphatic rings. The van der Waals surface area contributed by atoms with Crippen molar-refractivity contribution >= 4 is 29.1 Å². The summed E-state index contributed by atoms with van der Waals surface area (Å²) in [6.07, 6.45) is 3.85. The maximum atomic E-state index is 12.4. The minimum Gasteiger partial charge on any atom is -0.338 e. The van der Waals surface area contributed by atoms with Gasteiger partial charge in [-0.1, -0.05) is 37.0 Å². The Hall–Kier alpha value is -1.52. The molecule has 0 bridgehead atoms. The van der Waals surface area contributed by atoms with Crippen LogP contribution in [0.1, 0.15) is 35.9 Å². The number of imidazole rings is 1. The zero-order chi connectivity index (χ0) is 16.6. The van der Waals surface area contributed by atoms with Crippen molar-refractivity contribution in [3.8, 4) is 0 Å². The van der Waals surface area contributed by atoms with E-state index in [2.05, 4.69) is 23.4 Å². The van der Waals surface area contributed by atoms with Crippen LogP contribution in [-0.2, 0) is 6.54 Å². The number of carbonyl (C=O) groups is 1. The van der Waals surface area contributed by atoms with Crippen molar-refractivity contribution in [1.82, 2.24) is 14.5 Å². The van der Waals surface area contributed by atoms with Crippen LogP contribution in [-0.4, -0.2) is 33.4 Å². The third-order valence-corrected chi connectivity index (χ3v) is 4.51. The molecule has 1 aliphatic heterocycles. The van der Waals surface area contributed by atoms with Crippen LogP contribution in [0, 0.1) is 5.92 Å². The van der Waals surface area contributed by atoms with Crippen LogP contribution < -0.4 is 0 Å². The van der Waals surface area contributed by atoms with Crippen LogP contribution in [0.5, 0.6) is 0 Å². The molecule has 23 heavy (non-hydrogen) atoms. The molecular weight excluding hydrogens is 333 g/mol. The molecule has 0 aliphatic carbocycles. The van der Waals surface area contributed by atoms with Gasteiger partial charge in [0.2, 0.25) is 0 Å². The number of hydrogen-bond donors (Lipinski definition) is 0. The van der Waals surface area contributed by atoms with Gasteiger partial charge in [-0.05, 0) is 18.2 Å². The molecule has 1 saturated heterocycles. The Morgan fingerprint density at radius 1 is 1.26 bits per heavy atom. The van der Waals surface area contributed by atoms with Gasteiger partial charge in [0.05, 0.1) is 0 Å². The van der Waals surface area contributed by atoms with Crippen molar-refractivity contribution in [1.29, 1.82) is 0 Å². The van der Waals surface area contributed by atoms with Crippen LogP contribution in [0.2, 0.25) is 10.0 Å². The van der Waals surface area contributed by atoms with E-state index in [0.717, 1.165) is 25.5 Å². The molecule has 0 spiro atoms. The SMILES string of the molecule is CC(C)c1nccn1CC1CN(C(=O)c2cc(Cl)cc(Cl)c2)C1. The lowest BCUT2D eigenvalue weighted by Crippen LogP contribution is -2.51. The zero-order valence-electron chi connectivity index (χ0n) is 13.2. The molecule has 0 radical (unpaired) electrons. The van der Waals surface area contributed by atoms with Crippen molar-refractivity contribution in [3.05, 3.63) is 52.0 Å². The highest BCUT2D eigenvalue weighted by molar-refractivity contribution is 6.35. The third-order valence-electron chi connectivity index (χ3n) is 4.07. The van der Waals surface area contributed by atoms with Crippen molar-refractivity contribution in [2.75, 3.05) is 13.1 Å². The quantitative estimate of drug-likeness (QED) is 0.831. The Labute approximate surface area is 146 Å². The van der Waals surface area contributed by atoms with Crippen molar-refractivity contribution in [2.45, 2.75) is 26.3 Å². The molecule has 3 rings (SSSR count). The van der Waals surface area contributed by atoms with E-state index in [0.29, 0.717) is 27.4 Å². The predicted octanol–water partition coefficient (Wildman–Crippen LogP) is 4.09. The lowest BCUT2D eigenvalue weighted by atomic mass is 9.98. The normalized spacial score (nSPS) is 15.1. The molecule has 1 aromatic heterocycles. The Balaban J connectivity index is 1.60. The fourth-order valence-electron chi connectivity index (χ4n) is 2.97. The molecule has 2 heterocycles. The Bertz CT molecular complexity index is 700. The van der Waals surface area contributed by atoms with Crippen LogP contribution in [0.25, 0.3) is 0 Å². The van der Waals surface area contributed by atoms with E-state index in [9.17, 15) is 4.79 Å². The highest BCUT2D eigenvalue weighted by Crippen LogP contribution is 2.25. The van der Waals surface area contributed by atoms with Crippen LogP contribution in [0.3, 0.4) is 0 Å². The number of benzene rings is 1. The van der Waals surface area contributed by atoms with Gasteiger partial charge in [0.1, 0.15) is 5.82 Å². The first-order chi connectivity index (χ1) is 10.9. The molecule has 2 aromatic rings. The molecule has 1 fully saturated rings. The first-order valence-electron chi connectivity index (χ1n) is 7.70. The van der Waals surface area contributed by atoms with Gasteiger partial charge in [-0.3, -0.25) is 4.79 Å². The Morgan fingerprint density at radius 3 is 2.52 bits per heavy atom. The second-order valence-electron chi connectivity index (χ2n) is 6.33. The molecule has 0 unspecified atom stereocenters. The number of halogens is 2. The van der Waals surface area contributed by atoms with E-state index in [-0.39, 0.29) is 5.91 Å². The average Bonchev–Trinajstić information content (AvgIpc) is 2.89. The molecule has 6 heteroatoms. The van der Waals surface area contributed by atoms with E-state index in [4.69, 9.17) is 23.2 Å². The minimum absolute atomic E-state index is 0.0136. The largest absolute Gasteiger partial charge is 0.338 e. The van der Waals surface area contributed by atoms with Crippen LogP contribution >= 0.6 is 23.2 Å². The van der Waals surface area contributed by atoms with Gasteiger partial charge in [-0.15, -0.1) is 0 Å². The number of rotatable bonds is 4. The van der Waals surface area contributed by atoms with Gasteiger partial charge in [-0.2, -0.15) is 0 Å². The molecule has 4 nitrogen and oxygen atoms in total. The summed E-state index contributed by atoms with van der Waals surface area (Å²) < 4.78 is 2.19. The molecule has 0 N–H and O–H groups in total. The minimum atomic E-state index is -0.0136. The summed E-state index contributed by atoms with van der Waals surface area (Å²) in [6, 6.07) is 4.96. The summed E-state index contributed by atoms with van der Waals surface area (Å²) in [4.78, 5) is 18.7. The van der Waals surface area contributed by atoms with Gasteiger partial charge in [0.25, 0.3) is 5.91 Å². The highest BCUT2D eigenvalue weighted by Gasteiger charge is 2.32. The number of carbonyl (C=O) groups excluding carboxylic acids is 1. The van der Waals surface area contributed by atoms with E-state index < -0.39 is 0 Å². The van der Waals surface area contributed by atoms with E-state index >= 15 is 0 Å². The van der Waals surface area contributed by atoms with E-state index in [1.165, 1.54) is 0 Å². The Morgan fingerprint density at radius 2 is 1.91 bits per heavy atom. The van der Waals surface area contributed by atoms with Crippen molar-refractivity contribution in [2.24, 2.45) is 5.92 Å². The molecule has 1 aromatic carbocycles. The predicted molar refractivity (Wildman–Crippen MR) is 92.2 cm³/mol. The summed E-state index contributed by atoms with van der Waals surface area (Å²) in [5.41, 5.74) is 0.548. The second-order valence-corrected chi connectivity index (χ2v) is 7.20. The number of nitrogens with zero attached hydrogens (tertiary/aromatic N) is 3. The number of amides is 1. The average molecular weight is 352 g/mol. The Kier molecular flexibility index (Phi) is 4.64. The van der Waals surface area contributed by atoms with Gasteiger partial charge in [-0.25, -0.2) is 4.98 Å². The number of hydrogen-bond acceptors (Lipinski definition) is 2. The molecular formula is C17H19Cl2N3O. The summed E-state index contributed by atoms with van der Waals surface area (Å²) in [5.74, 6) is 1.94. The molecule has 1 amide bonds. The fourth-order valence-corrected chi connectivity index (χ4v) is 3.49. The smallest absolute Gasteiger partial charge is 0.253 e. The standard InChI is InChI=1S/C17H19Cl2N3O/c1-11(2)16-20-3-4-21(16)8-12-9-22(10-12)17(23)13-5-14(18)7-15(19)6-13/h3-7,11-12H,8-10H2,1-2H3. The summed E-state index contributed by atoms with van der Waals surface area (Å²) in [7, 11) is 0. The third kappa shape index (κ3) is 3.54. The summed E-state index contributed by atoms with van der Waals surface area (Å²) in [6.45, 7) is 6.67. The van der Waals surface area contributed by atoms with Crippen molar-refractivity contribution in [3.63, 3.8) is 0 Å². The maximum Gasteiger partial charge on any atom is 0.253 e. The van der Waals surface area contributed by atoms with Gasteiger partial charge in [0.15, 0.2) is 0 Å². The maximum absolute atomic E-state index is 12.4. The van der Waals surface area contributed by atoms with E-state index in [1.807, 2.05) is 17.3 Å². The number of aromatic nitrogens is 2. The van der Waals surface area contributed by atoms with Gasteiger partial charge in [0, 0.05) is 59.5 Å². The molecule has 0 atom stereocenters. The van der Waals surface area contributed by atoms with Crippen LogP contribution in [0.4, 0.5) is 0 Å². The lowest BCUT2D eigenvalue weighted by Gasteiger charge is -2.39. The first kappa shape index (κ1) is 16.3.